The Kier molecular flexibility index (Phi) is 6.02. The first kappa shape index (κ1) is 23.7. The van der Waals surface area contributed by atoms with Gasteiger partial charge < -0.3 is 14.6 Å². The summed E-state index contributed by atoms with van der Waals surface area (Å²) in [5.74, 6) is 1.69. The van der Waals surface area contributed by atoms with Crippen LogP contribution in [-0.2, 0) is 4.79 Å². The van der Waals surface area contributed by atoms with E-state index in [4.69, 9.17) is 10.1 Å². The fourth-order valence-electron chi connectivity index (χ4n) is 8.93. The largest absolute Gasteiger partial charge is 0.481 e. The highest BCUT2D eigenvalue weighted by Crippen LogP contribution is 2.48. The van der Waals surface area contributed by atoms with E-state index in [2.05, 4.69) is 15.5 Å². The Labute approximate surface area is 218 Å². The number of aliphatic carboxylic acids is 1. The molecule has 0 spiro atoms. The lowest BCUT2D eigenvalue weighted by Gasteiger charge is -2.48. The summed E-state index contributed by atoms with van der Waals surface area (Å²) in [6, 6.07) is 10.2. The molecule has 4 bridgehead atoms. The minimum atomic E-state index is -0.770. The Hall–Kier alpha value is -2.41. The van der Waals surface area contributed by atoms with Gasteiger partial charge in [0.1, 0.15) is 0 Å². The third-order valence-electron chi connectivity index (χ3n) is 10.4. The Balaban J connectivity index is 1.16. The minimum absolute atomic E-state index is 0.00834. The first-order chi connectivity index (χ1) is 18.0. The molecule has 7 heteroatoms. The molecule has 0 amide bonds. The van der Waals surface area contributed by atoms with E-state index in [1.807, 2.05) is 23.1 Å². The Morgan fingerprint density at radius 1 is 0.865 bits per heavy atom. The SMILES string of the molecule is O=C(O)CC1CN(c2nc3ccccc3n(C3CC4CCC(C3)N4C3CC4CCCCC(C4)C3)c2=O)C1. The topological polar surface area (TPSA) is 78.7 Å². The number of rotatable bonds is 5. The number of carbonyl (C=O) groups is 1. The zero-order chi connectivity index (χ0) is 25.1. The van der Waals surface area contributed by atoms with Crippen molar-refractivity contribution in [1.82, 2.24) is 14.5 Å². The molecule has 3 aliphatic heterocycles. The number of carboxylic acid groups (broad SMARTS) is 1. The number of para-hydroxylation sites is 2. The number of carboxylic acids is 1. The van der Waals surface area contributed by atoms with Gasteiger partial charge in [-0.2, -0.15) is 0 Å². The third-order valence-corrected chi connectivity index (χ3v) is 10.4. The first-order valence-electron chi connectivity index (χ1n) is 14.8. The molecule has 1 N–H and O–H groups in total. The van der Waals surface area contributed by atoms with Gasteiger partial charge in [-0.05, 0) is 68.9 Å². The van der Waals surface area contributed by atoms with Crippen molar-refractivity contribution in [3.05, 3.63) is 34.6 Å². The molecule has 0 radical (unpaired) electrons. The van der Waals surface area contributed by atoms with Gasteiger partial charge in [-0.15, -0.1) is 0 Å². The number of hydrogen-bond donors (Lipinski definition) is 1. The third kappa shape index (κ3) is 4.27. The van der Waals surface area contributed by atoms with E-state index >= 15 is 0 Å². The van der Waals surface area contributed by atoms with E-state index in [-0.39, 0.29) is 23.9 Å². The predicted molar refractivity (Wildman–Crippen MR) is 144 cm³/mol. The maximum absolute atomic E-state index is 14.0. The molecule has 2 aliphatic carbocycles. The standard InChI is InChI=1S/C30H40N4O3/c35-28(36)14-21-17-32(18-21)29-30(37)34(27-8-4-3-7-26(27)31-29)25-15-22-9-10-23(16-25)33(22)24-12-19-5-1-2-6-20(11-19)13-24/h3-4,7-8,19-25H,1-2,5-6,9-18H2,(H,35,36). The quantitative estimate of drug-likeness (QED) is 0.628. The second-order valence-electron chi connectivity index (χ2n) is 12.8. The molecule has 4 atom stereocenters. The monoisotopic (exact) mass is 504 g/mol. The molecule has 4 unspecified atom stereocenters. The lowest BCUT2D eigenvalue weighted by atomic mass is 9.76. The number of aromatic nitrogens is 2. The number of nitrogens with zero attached hydrogens (tertiary/aromatic N) is 4. The van der Waals surface area contributed by atoms with Gasteiger partial charge in [-0.3, -0.25) is 14.5 Å². The number of benzene rings is 1. The lowest BCUT2D eigenvalue weighted by molar-refractivity contribution is -0.138. The molecule has 198 valence electrons. The minimum Gasteiger partial charge on any atom is -0.481 e. The van der Waals surface area contributed by atoms with E-state index in [1.54, 1.807) is 0 Å². The lowest BCUT2D eigenvalue weighted by Crippen LogP contribution is -2.53. The van der Waals surface area contributed by atoms with Crippen LogP contribution in [0, 0.1) is 17.8 Å². The summed E-state index contributed by atoms with van der Waals surface area (Å²) in [6.07, 6.45) is 14.8. The van der Waals surface area contributed by atoms with Crippen molar-refractivity contribution in [3.8, 4) is 0 Å². The maximum atomic E-state index is 14.0. The zero-order valence-electron chi connectivity index (χ0n) is 21.8. The van der Waals surface area contributed by atoms with Crippen molar-refractivity contribution in [1.29, 1.82) is 0 Å². The van der Waals surface area contributed by atoms with Crippen LogP contribution in [0.2, 0.25) is 0 Å². The summed E-state index contributed by atoms with van der Waals surface area (Å²) in [5.41, 5.74) is 1.82. The highest BCUT2D eigenvalue weighted by Gasteiger charge is 2.47. The summed E-state index contributed by atoms with van der Waals surface area (Å²) in [7, 11) is 0. The molecular formula is C30H40N4O3. The van der Waals surface area contributed by atoms with E-state index < -0.39 is 5.97 Å². The second kappa shape index (κ2) is 9.40. The van der Waals surface area contributed by atoms with Crippen LogP contribution in [-0.4, -0.2) is 56.7 Å². The van der Waals surface area contributed by atoms with Crippen molar-refractivity contribution in [3.63, 3.8) is 0 Å². The molecule has 7 nitrogen and oxygen atoms in total. The fourth-order valence-corrected chi connectivity index (χ4v) is 8.93. The molecule has 5 aliphatic rings. The Bertz CT molecular complexity index is 1210. The highest BCUT2D eigenvalue weighted by atomic mass is 16.4. The van der Waals surface area contributed by atoms with Crippen LogP contribution in [0.5, 0.6) is 0 Å². The zero-order valence-corrected chi connectivity index (χ0v) is 21.8. The van der Waals surface area contributed by atoms with E-state index in [0.717, 1.165) is 41.8 Å². The molecular weight excluding hydrogens is 464 g/mol. The van der Waals surface area contributed by atoms with E-state index in [0.29, 0.717) is 31.0 Å². The van der Waals surface area contributed by atoms with Crippen LogP contribution < -0.4 is 10.5 Å². The number of anilines is 1. The average Bonchev–Trinajstić information content (AvgIpc) is 3.01. The second-order valence-corrected chi connectivity index (χ2v) is 12.8. The van der Waals surface area contributed by atoms with Gasteiger partial charge in [-0.25, -0.2) is 4.98 Å². The van der Waals surface area contributed by atoms with Crippen molar-refractivity contribution < 1.29 is 9.90 Å². The van der Waals surface area contributed by atoms with Crippen molar-refractivity contribution in [2.24, 2.45) is 17.8 Å². The van der Waals surface area contributed by atoms with Gasteiger partial charge in [0.25, 0.3) is 5.56 Å². The molecule has 3 saturated heterocycles. The van der Waals surface area contributed by atoms with Gasteiger partial charge in [-0.1, -0.05) is 37.8 Å². The molecule has 2 aromatic rings. The van der Waals surface area contributed by atoms with Crippen LogP contribution in [0.4, 0.5) is 5.82 Å². The van der Waals surface area contributed by atoms with Gasteiger partial charge in [0.15, 0.2) is 5.82 Å². The molecule has 5 fully saturated rings. The van der Waals surface area contributed by atoms with Crippen LogP contribution in [0.1, 0.15) is 83.1 Å². The Morgan fingerprint density at radius 3 is 2.22 bits per heavy atom. The molecule has 2 saturated carbocycles. The molecule has 4 heterocycles. The summed E-state index contributed by atoms with van der Waals surface area (Å²) in [5, 5.41) is 9.14. The van der Waals surface area contributed by atoms with E-state index in [9.17, 15) is 9.59 Å². The van der Waals surface area contributed by atoms with Crippen LogP contribution in [0.15, 0.2) is 29.1 Å². The highest BCUT2D eigenvalue weighted by molar-refractivity contribution is 5.77. The van der Waals surface area contributed by atoms with Gasteiger partial charge >= 0.3 is 5.97 Å². The summed E-state index contributed by atoms with van der Waals surface area (Å²) in [4.78, 5) is 34.8. The Morgan fingerprint density at radius 2 is 1.54 bits per heavy atom. The van der Waals surface area contributed by atoms with Crippen molar-refractivity contribution in [2.75, 3.05) is 18.0 Å². The molecule has 1 aromatic carbocycles. The normalized spacial score (nSPS) is 34.3. The number of piperidine rings is 1. The first-order valence-corrected chi connectivity index (χ1v) is 14.8. The van der Waals surface area contributed by atoms with Gasteiger partial charge in [0, 0.05) is 43.2 Å². The average molecular weight is 505 g/mol. The van der Waals surface area contributed by atoms with Crippen molar-refractivity contribution >= 4 is 22.8 Å². The number of fused-ring (bicyclic) bond motifs is 5. The summed E-state index contributed by atoms with van der Waals surface area (Å²) >= 11 is 0. The molecule has 7 rings (SSSR count). The summed E-state index contributed by atoms with van der Waals surface area (Å²) < 4.78 is 2.07. The maximum Gasteiger partial charge on any atom is 0.303 e. The van der Waals surface area contributed by atoms with Crippen LogP contribution in [0.3, 0.4) is 0 Å². The number of hydrogen-bond acceptors (Lipinski definition) is 5. The predicted octanol–water partition coefficient (Wildman–Crippen LogP) is 4.83. The van der Waals surface area contributed by atoms with E-state index in [1.165, 1.54) is 57.8 Å². The van der Waals surface area contributed by atoms with Gasteiger partial charge in [0.2, 0.25) is 0 Å². The summed E-state index contributed by atoms with van der Waals surface area (Å²) in [6.45, 7) is 1.20. The molecule has 37 heavy (non-hydrogen) atoms. The van der Waals surface area contributed by atoms with Crippen LogP contribution >= 0.6 is 0 Å². The smallest absolute Gasteiger partial charge is 0.303 e. The van der Waals surface area contributed by atoms with Gasteiger partial charge in [0.05, 0.1) is 17.5 Å². The molecule has 1 aromatic heterocycles. The van der Waals surface area contributed by atoms with Crippen LogP contribution in [0.25, 0.3) is 11.0 Å². The fraction of sp³-hybridized carbons (Fsp3) is 0.700. The van der Waals surface area contributed by atoms with Crippen molar-refractivity contribution in [2.45, 2.75) is 101 Å².